The van der Waals surface area contributed by atoms with Crippen LogP contribution in [0.3, 0.4) is 0 Å². The fourth-order valence-electron chi connectivity index (χ4n) is 2.83. The summed E-state index contributed by atoms with van der Waals surface area (Å²) in [7, 11) is 0. The second kappa shape index (κ2) is 7.22. The summed E-state index contributed by atoms with van der Waals surface area (Å²) in [6, 6.07) is 12.9. The molecule has 0 unspecified atom stereocenters. The molecule has 0 aliphatic rings. The number of hydrogen-bond acceptors (Lipinski definition) is 2. The van der Waals surface area contributed by atoms with Crippen LogP contribution in [0, 0.1) is 6.92 Å². The zero-order valence-corrected chi connectivity index (χ0v) is 14.3. The maximum atomic E-state index is 4.57. The maximum absolute atomic E-state index is 4.57. The molecule has 24 heavy (non-hydrogen) atoms. The quantitative estimate of drug-likeness (QED) is 0.596. The Morgan fingerprint density at radius 2 is 1.88 bits per heavy atom. The van der Waals surface area contributed by atoms with Crippen molar-refractivity contribution in [1.29, 1.82) is 0 Å². The SMILES string of the molecule is C=C(/C=C\C)c1cccc(CCc2cc3cc(C)ncc3cn2)c1. The number of aryl methyl sites for hydroxylation is 3. The lowest BCUT2D eigenvalue weighted by Crippen LogP contribution is -1.96. The lowest BCUT2D eigenvalue weighted by molar-refractivity contribution is 0.917. The average Bonchev–Trinajstić information content (AvgIpc) is 2.60. The van der Waals surface area contributed by atoms with Crippen molar-refractivity contribution in [2.75, 3.05) is 0 Å². The van der Waals surface area contributed by atoms with E-state index in [4.69, 9.17) is 0 Å². The molecule has 2 heterocycles. The van der Waals surface area contributed by atoms with Crippen molar-refractivity contribution < 1.29 is 0 Å². The van der Waals surface area contributed by atoms with Gasteiger partial charge in [0, 0.05) is 29.2 Å². The smallest absolute Gasteiger partial charge is 0.0413 e. The molecule has 0 spiro atoms. The van der Waals surface area contributed by atoms with E-state index in [1.54, 1.807) is 0 Å². The molecule has 1 aromatic carbocycles. The third kappa shape index (κ3) is 3.77. The zero-order valence-electron chi connectivity index (χ0n) is 14.3. The van der Waals surface area contributed by atoms with E-state index in [-0.39, 0.29) is 0 Å². The number of benzene rings is 1. The molecule has 0 aliphatic carbocycles. The lowest BCUT2D eigenvalue weighted by Gasteiger charge is -2.07. The number of rotatable bonds is 5. The molecule has 0 N–H and O–H groups in total. The van der Waals surface area contributed by atoms with Crippen molar-refractivity contribution in [3.05, 3.63) is 90.0 Å². The van der Waals surface area contributed by atoms with Crippen LogP contribution in [0.1, 0.15) is 29.4 Å². The van der Waals surface area contributed by atoms with Crippen molar-refractivity contribution in [2.24, 2.45) is 0 Å². The number of hydrogen-bond donors (Lipinski definition) is 0. The topological polar surface area (TPSA) is 25.8 Å². The van der Waals surface area contributed by atoms with Crippen LogP contribution in [0.5, 0.6) is 0 Å². The highest BCUT2D eigenvalue weighted by molar-refractivity contribution is 5.81. The van der Waals surface area contributed by atoms with Crippen molar-refractivity contribution in [3.63, 3.8) is 0 Å². The van der Waals surface area contributed by atoms with Crippen LogP contribution in [0.2, 0.25) is 0 Å². The summed E-state index contributed by atoms with van der Waals surface area (Å²) in [5.74, 6) is 0. The van der Waals surface area contributed by atoms with Gasteiger partial charge in [-0.15, -0.1) is 0 Å². The van der Waals surface area contributed by atoms with Gasteiger partial charge in [-0.2, -0.15) is 0 Å². The van der Waals surface area contributed by atoms with E-state index in [2.05, 4.69) is 52.9 Å². The first-order valence-corrected chi connectivity index (χ1v) is 8.28. The van der Waals surface area contributed by atoms with Crippen LogP contribution >= 0.6 is 0 Å². The molecule has 3 aromatic rings. The summed E-state index contributed by atoms with van der Waals surface area (Å²) in [5.41, 5.74) is 5.69. The Kier molecular flexibility index (Phi) is 4.85. The van der Waals surface area contributed by atoms with Crippen LogP contribution in [-0.4, -0.2) is 9.97 Å². The molecular formula is C22H22N2. The maximum Gasteiger partial charge on any atom is 0.0413 e. The molecule has 0 aliphatic heterocycles. The van der Waals surface area contributed by atoms with E-state index in [0.29, 0.717) is 0 Å². The molecule has 0 saturated heterocycles. The number of allylic oxidation sites excluding steroid dienone is 3. The molecule has 0 saturated carbocycles. The minimum atomic E-state index is 0.927. The fourth-order valence-corrected chi connectivity index (χ4v) is 2.83. The molecule has 120 valence electrons. The van der Waals surface area contributed by atoms with Crippen molar-refractivity contribution >= 4 is 16.3 Å². The van der Waals surface area contributed by atoms with Crippen LogP contribution in [0.15, 0.2) is 67.5 Å². The van der Waals surface area contributed by atoms with Crippen molar-refractivity contribution in [2.45, 2.75) is 26.7 Å². The number of pyridine rings is 2. The monoisotopic (exact) mass is 314 g/mol. The molecule has 2 nitrogen and oxygen atoms in total. The van der Waals surface area contributed by atoms with Crippen LogP contribution in [-0.2, 0) is 12.8 Å². The van der Waals surface area contributed by atoms with Gasteiger partial charge in [-0.05, 0) is 60.9 Å². The molecule has 0 atom stereocenters. The highest BCUT2D eigenvalue weighted by Gasteiger charge is 2.02. The average molecular weight is 314 g/mol. The first-order chi connectivity index (χ1) is 11.7. The molecule has 0 fully saturated rings. The number of aromatic nitrogens is 2. The summed E-state index contributed by atoms with van der Waals surface area (Å²) in [4.78, 5) is 8.89. The minimum Gasteiger partial charge on any atom is -0.261 e. The predicted octanol–water partition coefficient (Wildman–Crippen LogP) is 5.31. The fraction of sp³-hybridized carbons (Fsp3) is 0.182. The summed E-state index contributed by atoms with van der Waals surface area (Å²) >= 11 is 0. The molecule has 0 radical (unpaired) electrons. The highest BCUT2D eigenvalue weighted by atomic mass is 14.7. The standard InChI is InChI=1S/C22H22N2/c1-4-6-16(2)19-8-5-7-18(12-19)9-10-22-13-20-11-17(3)23-14-21(20)15-24-22/h4-8,11-15H,2,9-10H2,1,3H3/b6-4-. The highest BCUT2D eigenvalue weighted by Crippen LogP contribution is 2.18. The van der Waals surface area contributed by atoms with Crippen LogP contribution < -0.4 is 0 Å². The van der Waals surface area contributed by atoms with Gasteiger partial charge in [0.25, 0.3) is 0 Å². The van der Waals surface area contributed by atoms with Gasteiger partial charge >= 0.3 is 0 Å². The van der Waals surface area contributed by atoms with E-state index in [1.165, 1.54) is 16.5 Å². The molecule has 3 rings (SSSR count). The van der Waals surface area contributed by atoms with Gasteiger partial charge in [-0.3, -0.25) is 9.97 Å². The van der Waals surface area contributed by atoms with E-state index < -0.39 is 0 Å². The zero-order chi connectivity index (χ0) is 16.9. The Labute approximate surface area is 143 Å². The van der Waals surface area contributed by atoms with Gasteiger partial charge < -0.3 is 0 Å². The first kappa shape index (κ1) is 16.1. The Balaban J connectivity index is 1.76. The summed E-state index contributed by atoms with van der Waals surface area (Å²) < 4.78 is 0. The van der Waals surface area contributed by atoms with Crippen LogP contribution in [0.4, 0.5) is 0 Å². The normalized spacial score (nSPS) is 11.2. The van der Waals surface area contributed by atoms with Gasteiger partial charge in [0.05, 0.1) is 0 Å². The second-order valence-electron chi connectivity index (χ2n) is 6.07. The largest absolute Gasteiger partial charge is 0.261 e. The molecular weight excluding hydrogens is 292 g/mol. The Bertz CT molecular complexity index is 907. The summed E-state index contributed by atoms with van der Waals surface area (Å²) in [6.45, 7) is 8.14. The minimum absolute atomic E-state index is 0.927. The predicted molar refractivity (Wildman–Crippen MR) is 102 cm³/mol. The Morgan fingerprint density at radius 1 is 1.04 bits per heavy atom. The third-order valence-corrected chi connectivity index (χ3v) is 4.13. The molecule has 2 aromatic heterocycles. The molecule has 2 heteroatoms. The number of nitrogens with zero attached hydrogens (tertiary/aromatic N) is 2. The van der Waals surface area contributed by atoms with Gasteiger partial charge in [-0.25, -0.2) is 0 Å². The number of fused-ring (bicyclic) bond motifs is 1. The van der Waals surface area contributed by atoms with Gasteiger partial charge in [0.2, 0.25) is 0 Å². The van der Waals surface area contributed by atoms with Gasteiger partial charge in [0.15, 0.2) is 0 Å². The van der Waals surface area contributed by atoms with E-state index >= 15 is 0 Å². The summed E-state index contributed by atoms with van der Waals surface area (Å²) in [6.07, 6.45) is 9.76. The van der Waals surface area contributed by atoms with Crippen LogP contribution in [0.25, 0.3) is 16.3 Å². The van der Waals surface area contributed by atoms with E-state index in [0.717, 1.165) is 35.2 Å². The van der Waals surface area contributed by atoms with Crippen molar-refractivity contribution in [1.82, 2.24) is 9.97 Å². The van der Waals surface area contributed by atoms with E-state index in [9.17, 15) is 0 Å². The Morgan fingerprint density at radius 3 is 2.71 bits per heavy atom. The Hall–Kier alpha value is -2.74. The third-order valence-electron chi connectivity index (χ3n) is 4.13. The van der Waals surface area contributed by atoms with E-state index in [1.807, 2.05) is 38.4 Å². The van der Waals surface area contributed by atoms with Crippen molar-refractivity contribution in [3.8, 4) is 0 Å². The lowest BCUT2D eigenvalue weighted by atomic mass is 10.0. The van der Waals surface area contributed by atoms with Gasteiger partial charge in [0.1, 0.15) is 0 Å². The first-order valence-electron chi connectivity index (χ1n) is 8.28. The van der Waals surface area contributed by atoms with Gasteiger partial charge in [-0.1, -0.05) is 43.0 Å². The summed E-state index contributed by atoms with van der Waals surface area (Å²) in [5, 5.41) is 2.30. The second-order valence-corrected chi connectivity index (χ2v) is 6.07. The molecule has 0 amide bonds. The molecule has 0 bridgehead atoms.